The normalized spacial score (nSPS) is 26.5. The maximum absolute atomic E-state index is 11.4. The molecule has 1 aromatic heterocycles. The number of nitrogens with two attached hydrogens (primary N) is 1. The van der Waals surface area contributed by atoms with Crippen LogP contribution in [-0.2, 0) is 0 Å². The van der Waals surface area contributed by atoms with Gasteiger partial charge in [-0.05, 0) is 32.6 Å². The Morgan fingerprint density at radius 1 is 1.40 bits per heavy atom. The summed E-state index contributed by atoms with van der Waals surface area (Å²) < 4.78 is 0. The van der Waals surface area contributed by atoms with E-state index in [2.05, 4.69) is 9.97 Å². The van der Waals surface area contributed by atoms with Crippen LogP contribution in [0.4, 0.5) is 0 Å². The van der Waals surface area contributed by atoms with Gasteiger partial charge in [0.2, 0.25) is 0 Å². The molecule has 0 saturated heterocycles. The molecule has 0 aliphatic heterocycles. The van der Waals surface area contributed by atoms with Gasteiger partial charge in [-0.15, -0.1) is 0 Å². The third kappa shape index (κ3) is 2.09. The third-order valence-corrected chi connectivity index (χ3v) is 3.28. The molecule has 0 amide bonds. The predicted octanol–water partition coefficient (Wildman–Crippen LogP) is 1.06. The zero-order valence-electron chi connectivity index (χ0n) is 8.99. The number of hydrogen-bond donors (Lipinski definition) is 2. The van der Waals surface area contributed by atoms with Crippen LogP contribution in [0, 0.1) is 6.92 Å². The lowest BCUT2D eigenvalue weighted by atomic mass is 9.83. The number of H-pyrrole nitrogens is 1. The molecule has 4 nitrogen and oxygen atoms in total. The Kier molecular flexibility index (Phi) is 2.86. The van der Waals surface area contributed by atoms with Crippen molar-refractivity contribution >= 4 is 0 Å². The summed E-state index contributed by atoms with van der Waals surface area (Å²) in [5.41, 5.74) is 7.56. The molecule has 4 heteroatoms. The monoisotopic (exact) mass is 207 g/mol. The second kappa shape index (κ2) is 4.14. The van der Waals surface area contributed by atoms with E-state index < -0.39 is 0 Å². The molecule has 0 unspecified atom stereocenters. The Hall–Kier alpha value is -1.16. The van der Waals surface area contributed by atoms with Crippen molar-refractivity contribution in [1.82, 2.24) is 9.97 Å². The number of nitrogens with zero attached hydrogens (tertiary/aromatic N) is 1. The first-order valence-electron chi connectivity index (χ1n) is 5.48. The van der Waals surface area contributed by atoms with Crippen LogP contribution < -0.4 is 11.3 Å². The highest BCUT2D eigenvalue weighted by Gasteiger charge is 2.22. The van der Waals surface area contributed by atoms with Crippen LogP contribution in [0.3, 0.4) is 0 Å². The Labute approximate surface area is 88.9 Å². The summed E-state index contributed by atoms with van der Waals surface area (Å²) in [4.78, 5) is 18.3. The van der Waals surface area contributed by atoms with E-state index in [1.54, 1.807) is 0 Å². The molecule has 0 aromatic carbocycles. The number of nitrogens with one attached hydrogen (secondary N) is 1. The lowest BCUT2D eigenvalue weighted by molar-refractivity contribution is 0.389. The summed E-state index contributed by atoms with van der Waals surface area (Å²) in [6.45, 7) is 1.84. The Morgan fingerprint density at radius 3 is 2.73 bits per heavy atom. The van der Waals surface area contributed by atoms with Crippen LogP contribution in [-0.4, -0.2) is 16.0 Å². The SMILES string of the molecule is Cc1c(C2CCC(N)CC2)nc[nH]c1=O. The van der Waals surface area contributed by atoms with Crippen LogP contribution in [0.2, 0.25) is 0 Å². The molecule has 82 valence electrons. The van der Waals surface area contributed by atoms with Crippen LogP contribution in [0.15, 0.2) is 11.1 Å². The van der Waals surface area contributed by atoms with E-state index in [-0.39, 0.29) is 5.56 Å². The number of aromatic nitrogens is 2. The highest BCUT2D eigenvalue weighted by molar-refractivity contribution is 5.19. The average Bonchev–Trinajstić information content (AvgIpc) is 2.24. The van der Waals surface area contributed by atoms with Gasteiger partial charge >= 0.3 is 0 Å². The van der Waals surface area contributed by atoms with Gasteiger partial charge in [0, 0.05) is 17.5 Å². The molecule has 1 aromatic rings. The highest BCUT2D eigenvalue weighted by Crippen LogP contribution is 2.31. The number of hydrogen-bond acceptors (Lipinski definition) is 3. The second-order valence-corrected chi connectivity index (χ2v) is 4.35. The summed E-state index contributed by atoms with van der Waals surface area (Å²) in [6, 6.07) is 0.337. The molecule has 15 heavy (non-hydrogen) atoms. The molecule has 0 bridgehead atoms. The minimum Gasteiger partial charge on any atom is -0.328 e. The van der Waals surface area contributed by atoms with Gasteiger partial charge in [0.15, 0.2) is 0 Å². The topological polar surface area (TPSA) is 71.8 Å². The molecule has 0 radical (unpaired) electrons. The van der Waals surface area contributed by atoms with E-state index in [9.17, 15) is 4.79 Å². The van der Waals surface area contributed by atoms with Crippen LogP contribution in [0.1, 0.15) is 42.9 Å². The van der Waals surface area contributed by atoms with E-state index in [1.165, 1.54) is 6.33 Å². The lowest BCUT2D eigenvalue weighted by Gasteiger charge is -2.26. The van der Waals surface area contributed by atoms with Crippen molar-refractivity contribution in [2.75, 3.05) is 0 Å². The summed E-state index contributed by atoms with van der Waals surface area (Å²) >= 11 is 0. The summed E-state index contributed by atoms with van der Waals surface area (Å²) in [5, 5.41) is 0. The maximum atomic E-state index is 11.4. The first-order chi connectivity index (χ1) is 7.18. The van der Waals surface area contributed by atoms with Crippen molar-refractivity contribution in [3.8, 4) is 0 Å². The van der Waals surface area contributed by atoms with E-state index in [0.29, 0.717) is 12.0 Å². The first-order valence-corrected chi connectivity index (χ1v) is 5.48. The molecule has 3 N–H and O–H groups in total. The molecular formula is C11H17N3O. The molecule has 1 heterocycles. The molecule has 1 aliphatic carbocycles. The predicted molar refractivity (Wildman–Crippen MR) is 58.8 cm³/mol. The van der Waals surface area contributed by atoms with E-state index in [0.717, 1.165) is 36.9 Å². The molecule has 1 saturated carbocycles. The zero-order chi connectivity index (χ0) is 10.8. The first kappa shape index (κ1) is 10.4. The zero-order valence-corrected chi connectivity index (χ0v) is 8.99. The van der Waals surface area contributed by atoms with Gasteiger partial charge in [-0.25, -0.2) is 4.98 Å². The number of rotatable bonds is 1. The van der Waals surface area contributed by atoms with Gasteiger partial charge in [0.25, 0.3) is 5.56 Å². The van der Waals surface area contributed by atoms with Crippen LogP contribution >= 0.6 is 0 Å². The fourth-order valence-corrected chi connectivity index (χ4v) is 2.29. The Balaban J connectivity index is 2.23. The van der Waals surface area contributed by atoms with Crippen molar-refractivity contribution in [3.63, 3.8) is 0 Å². The van der Waals surface area contributed by atoms with Crippen molar-refractivity contribution in [2.24, 2.45) is 5.73 Å². The minimum absolute atomic E-state index is 0.0186. The molecule has 0 spiro atoms. The largest absolute Gasteiger partial charge is 0.328 e. The third-order valence-electron chi connectivity index (χ3n) is 3.28. The number of aromatic amines is 1. The maximum Gasteiger partial charge on any atom is 0.253 e. The van der Waals surface area contributed by atoms with Gasteiger partial charge in [-0.1, -0.05) is 0 Å². The van der Waals surface area contributed by atoms with E-state index in [4.69, 9.17) is 5.73 Å². The van der Waals surface area contributed by atoms with Crippen molar-refractivity contribution in [3.05, 3.63) is 27.9 Å². The summed E-state index contributed by atoms with van der Waals surface area (Å²) in [5.74, 6) is 0.423. The quantitative estimate of drug-likeness (QED) is 0.723. The highest BCUT2D eigenvalue weighted by atomic mass is 16.1. The lowest BCUT2D eigenvalue weighted by Crippen LogP contribution is -2.27. The minimum atomic E-state index is -0.0186. The summed E-state index contributed by atoms with van der Waals surface area (Å²) in [6.07, 6.45) is 5.69. The van der Waals surface area contributed by atoms with Gasteiger partial charge in [0.1, 0.15) is 0 Å². The Morgan fingerprint density at radius 2 is 2.07 bits per heavy atom. The standard InChI is InChI=1S/C11H17N3O/c1-7-10(13-6-14-11(7)15)8-2-4-9(12)5-3-8/h6,8-9H,2-5,12H2,1H3,(H,13,14,15). The van der Waals surface area contributed by atoms with Gasteiger partial charge in [0.05, 0.1) is 12.0 Å². The van der Waals surface area contributed by atoms with Crippen molar-refractivity contribution in [2.45, 2.75) is 44.6 Å². The van der Waals surface area contributed by atoms with Crippen LogP contribution in [0.5, 0.6) is 0 Å². The fourth-order valence-electron chi connectivity index (χ4n) is 2.29. The smallest absolute Gasteiger partial charge is 0.253 e. The fraction of sp³-hybridized carbons (Fsp3) is 0.636. The van der Waals surface area contributed by atoms with Crippen LogP contribution in [0.25, 0.3) is 0 Å². The molecule has 1 fully saturated rings. The molecular weight excluding hydrogens is 190 g/mol. The van der Waals surface area contributed by atoms with E-state index in [1.807, 2.05) is 6.92 Å². The van der Waals surface area contributed by atoms with Gasteiger partial charge in [-0.2, -0.15) is 0 Å². The molecule has 0 atom stereocenters. The second-order valence-electron chi connectivity index (χ2n) is 4.35. The van der Waals surface area contributed by atoms with Crippen molar-refractivity contribution in [1.29, 1.82) is 0 Å². The van der Waals surface area contributed by atoms with Gasteiger partial charge in [-0.3, -0.25) is 4.79 Å². The molecule has 2 rings (SSSR count). The van der Waals surface area contributed by atoms with Gasteiger partial charge < -0.3 is 10.7 Å². The Bertz CT molecular complexity index is 391. The average molecular weight is 207 g/mol. The van der Waals surface area contributed by atoms with E-state index >= 15 is 0 Å². The van der Waals surface area contributed by atoms with Crippen molar-refractivity contribution < 1.29 is 0 Å². The summed E-state index contributed by atoms with van der Waals surface area (Å²) in [7, 11) is 0. The molecule has 1 aliphatic rings.